The van der Waals surface area contributed by atoms with Crippen molar-refractivity contribution in [2.45, 2.75) is 25.7 Å². The topological polar surface area (TPSA) is 0 Å². The molecular weight excluding hydrogens is 273 g/mol. The average molecular weight is 285 g/mol. The van der Waals surface area contributed by atoms with E-state index in [1.165, 1.54) is 4.05 Å². The standard InChI is InChI=1S/C8H11.2ClH.Pd/c1-2-4-6-8-7-5-3-1;;;/h1-2,7H,3-6H2;2*1H;/q;;;+2/p-2/b2-1-,8-7?;;;. The first-order valence-corrected chi connectivity index (χ1v) is 8.38. The van der Waals surface area contributed by atoms with Crippen molar-refractivity contribution in [3.63, 3.8) is 0 Å². The zero-order valence-corrected chi connectivity index (χ0v) is 9.20. The van der Waals surface area contributed by atoms with Gasteiger partial charge in [-0.2, -0.15) is 0 Å². The summed E-state index contributed by atoms with van der Waals surface area (Å²) in [6.07, 6.45) is 11.0. The summed E-state index contributed by atoms with van der Waals surface area (Å²) in [4.78, 5) is 0. The van der Waals surface area contributed by atoms with Crippen LogP contribution in [0.25, 0.3) is 0 Å². The molecule has 0 aromatic carbocycles. The normalized spacial score (nSPS) is 27.8. The van der Waals surface area contributed by atoms with Crippen LogP contribution in [0.2, 0.25) is 0 Å². The Hall–Kier alpha value is 0.722. The third-order valence-electron chi connectivity index (χ3n) is 1.54. The van der Waals surface area contributed by atoms with Crippen molar-refractivity contribution in [3.05, 3.63) is 22.3 Å². The van der Waals surface area contributed by atoms with Crippen LogP contribution in [0.1, 0.15) is 25.7 Å². The Bertz CT molecular complexity index is 173. The quantitative estimate of drug-likeness (QED) is 0.505. The third-order valence-corrected chi connectivity index (χ3v) is 4.82. The molecule has 67 valence electrons. The summed E-state index contributed by atoms with van der Waals surface area (Å²) in [6, 6.07) is 0. The number of rotatable bonds is 1. The van der Waals surface area contributed by atoms with E-state index in [1.54, 1.807) is 0 Å². The van der Waals surface area contributed by atoms with E-state index in [2.05, 4.69) is 18.2 Å². The molecule has 0 amide bonds. The van der Waals surface area contributed by atoms with Gasteiger partial charge in [-0.05, 0) is 0 Å². The van der Waals surface area contributed by atoms with Gasteiger partial charge in [0.2, 0.25) is 0 Å². The minimum absolute atomic E-state index is 1.06. The molecule has 0 aromatic heterocycles. The minimum atomic E-state index is -1.33. The number of hydrogen-bond donors (Lipinski definition) is 0. The molecule has 0 spiro atoms. The molecule has 1 aliphatic rings. The summed E-state index contributed by atoms with van der Waals surface area (Å²) >= 11 is -1.33. The maximum atomic E-state index is 5.87. The maximum absolute atomic E-state index is 5.87. The van der Waals surface area contributed by atoms with Gasteiger partial charge in [0.15, 0.2) is 0 Å². The van der Waals surface area contributed by atoms with Crippen molar-refractivity contribution in [2.24, 2.45) is 0 Å². The molecule has 0 N–H and O–H groups in total. The van der Waals surface area contributed by atoms with Gasteiger partial charge in [0.05, 0.1) is 0 Å². The van der Waals surface area contributed by atoms with E-state index in [1.807, 2.05) is 0 Å². The molecule has 0 nitrogen and oxygen atoms in total. The van der Waals surface area contributed by atoms with Gasteiger partial charge in [0, 0.05) is 0 Å². The van der Waals surface area contributed by atoms with Crippen LogP contribution in [0.5, 0.6) is 0 Å². The second-order valence-corrected chi connectivity index (χ2v) is 7.72. The SMILES string of the molecule is [Cl][Pd]([Cl])/[C]1=C/CC/C=C\CC1. The molecule has 0 radical (unpaired) electrons. The number of hydrogen-bond acceptors (Lipinski definition) is 0. The van der Waals surface area contributed by atoms with Gasteiger partial charge in [-0.3, -0.25) is 0 Å². The molecule has 1 aliphatic carbocycles. The van der Waals surface area contributed by atoms with Gasteiger partial charge in [0.25, 0.3) is 0 Å². The average Bonchev–Trinajstić information content (AvgIpc) is 1.84. The Balaban J connectivity index is 2.50. The van der Waals surface area contributed by atoms with E-state index < -0.39 is 14.7 Å². The van der Waals surface area contributed by atoms with Crippen LogP contribution >= 0.6 is 19.1 Å². The summed E-state index contributed by atoms with van der Waals surface area (Å²) in [5.74, 6) is 0. The fourth-order valence-electron chi connectivity index (χ4n) is 0.986. The Morgan fingerprint density at radius 1 is 1.09 bits per heavy atom. The van der Waals surface area contributed by atoms with Crippen LogP contribution in [-0.4, -0.2) is 0 Å². The predicted molar refractivity (Wildman–Crippen MR) is 47.4 cm³/mol. The molecule has 0 fully saturated rings. The van der Waals surface area contributed by atoms with E-state index in [0.29, 0.717) is 0 Å². The van der Waals surface area contributed by atoms with Crippen LogP contribution < -0.4 is 0 Å². The number of halogens is 2. The van der Waals surface area contributed by atoms with Crippen molar-refractivity contribution in [3.8, 4) is 0 Å². The molecule has 1 rings (SSSR count). The van der Waals surface area contributed by atoms with E-state index >= 15 is 0 Å². The van der Waals surface area contributed by atoms with Crippen LogP contribution in [0, 0.1) is 0 Å². The fourth-order valence-corrected chi connectivity index (χ4v) is 3.25. The Morgan fingerprint density at radius 3 is 2.55 bits per heavy atom. The van der Waals surface area contributed by atoms with E-state index in [9.17, 15) is 0 Å². The van der Waals surface area contributed by atoms with Crippen molar-refractivity contribution in [2.75, 3.05) is 0 Å². The van der Waals surface area contributed by atoms with Crippen LogP contribution in [-0.2, 0) is 14.7 Å². The zero-order valence-electron chi connectivity index (χ0n) is 6.13. The Labute approximate surface area is 81.5 Å². The first-order chi connectivity index (χ1) is 5.30. The van der Waals surface area contributed by atoms with E-state index in [-0.39, 0.29) is 0 Å². The van der Waals surface area contributed by atoms with Crippen molar-refractivity contribution < 1.29 is 14.7 Å². The molecular formula is C8H11Cl2Pd. The van der Waals surface area contributed by atoms with Gasteiger partial charge in [-0.25, -0.2) is 0 Å². The Kier molecular flexibility index (Phi) is 4.80. The molecule has 11 heavy (non-hydrogen) atoms. The molecule has 0 bridgehead atoms. The van der Waals surface area contributed by atoms with Crippen molar-refractivity contribution >= 4 is 19.1 Å². The van der Waals surface area contributed by atoms with Crippen LogP contribution in [0.15, 0.2) is 22.3 Å². The summed E-state index contributed by atoms with van der Waals surface area (Å²) < 4.78 is 1.30. The third kappa shape index (κ3) is 3.76. The van der Waals surface area contributed by atoms with Gasteiger partial charge in [0.1, 0.15) is 0 Å². The molecule has 3 heteroatoms. The molecule has 0 saturated heterocycles. The van der Waals surface area contributed by atoms with Crippen molar-refractivity contribution in [1.82, 2.24) is 0 Å². The second-order valence-electron chi connectivity index (χ2n) is 2.36. The predicted octanol–water partition coefficient (Wildman–Crippen LogP) is 3.93. The second kappa shape index (κ2) is 5.38. The fraction of sp³-hybridized carbons (Fsp3) is 0.500. The summed E-state index contributed by atoms with van der Waals surface area (Å²) in [5, 5.41) is 0. The summed E-state index contributed by atoms with van der Waals surface area (Å²) in [7, 11) is 11.7. The molecule has 0 atom stereocenters. The van der Waals surface area contributed by atoms with Crippen molar-refractivity contribution in [1.29, 1.82) is 0 Å². The Morgan fingerprint density at radius 2 is 1.82 bits per heavy atom. The first-order valence-electron chi connectivity index (χ1n) is 3.60. The molecule has 0 aromatic rings. The van der Waals surface area contributed by atoms with Gasteiger partial charge >= 0.3 is 81.7 Å². The summed E-state index contributed by atoms with van der Waals surface area (Å²) in [6.45, 7) is 0. The molecule has 0 heterocycles. The number of allylic oxidation sites excluding steroid dienone is 4. The molecule has 0 aliphatic heterocycles. The molecule has 0 unspecified atom stereocenters. The van der Waals surface area contributed by atoms with E-state index in [0.717, 1.165) is 25.7 Å². The van der Waals surface area contributed by atoms with Crippen LogP contribution in [0.4, 0.5) is 0 Å². The van der Waals surface area contributed by atoms with Gasteiger partial charge in [-0.15, -0.1) is 0 Å². The van der Waals surface area contributed by atoms with Gasteiger partial charge in [-0.1, -0.05) is 0 Å². The van der Waals surface area contributed by atoms with Crippen LogP contribution in [0.3, 0.4) is 0 Å². The summed E-state index contributed by atoms with van der Waals surface area (Å²) in [5.41, 5.74) is 0. The van der Waals surface area contributed by atoms with E-state index in [4.69, 9.17) is 19.1 Å². The first kappa shape index (κ1) is 9.81. The zero-order chi connectivity index (χ0) is 8.10. The van der Waals surface area contributed by atoms with Gasteiger partial charge < -0.3 is 0 Å². The monoisotopic (exact) mass is 283 g/mol. The molecule has 0 saturated carbocycles.